The molecule has 13 heavy (non-hydrogen) atoms. The smallest absolute Gasteiger partial charge is 0.150 e. The SMILES string of the molecule is Cn1nc2cc(C=O)ccc2c1Br. The summed E-state index contributed by atoms with van der Waals surface area (Å²) in [6.07, 6.45) is 0.821. The highest BCUT2D eigenvalue weighted by atomic mass is 79.9. The molecule has 0 aliphatic rings. The summed E-state index contributed by atoms with van der Waals surface area (Å²) < 4.78 is 2.67. The number of carbonyl (C=O) groups excluding carboxylic acids is 1. The molecule has 66 valence electrons. The summed E-state index contributed by atoms with van der Waals surface area (Å²) in [4.78, 5) is 10.5. The zero-order chi connectivity index (χ0) is 9.42. The lowest BCUT2D eigenvalue weighted by atomic mass is 10.2. The maximum absolute atomic E-state index is 10.5. The van der Waals surface area contributed by atoms with E-state index in [2.05, 4.69) is 21.0 Å². The average molecular weight is 239 g/mol. The van der Waals surface area contributed by atoms with Crippen molar-refractivity contribution in [2.45, 2.75) is 0 Å². The molecule has 0 aliphatic heterocycles. The Balaban J connectivity index is 2.79. The minimum Gasteiger partial charge on any atom is -0.298 e. The van der Waals surface area contributed by atoms with Crippen LogP contribution in [0.5, 0.6) is 0 Å². The maximum Gasteiger partial charge on any atom is 0.150 e. The highest BCUT2D eigenvalue weighted by Crippen LogP contribution is 2.23. The summed E-state index contributed by atoms with van der Waals surface area (Å²) in [5.74, 6) is 0. The molecule has 1 heterocycles. The van der Waals surface area contributed by atoms with Crippen molar-refractivity contribution in [3.63, 3.8) is 0 Å². The molecule has 0 radical (unpaired) electrons. The molecule has 0 atom stereocenters. The monoisotopic (exact) mass is 238 g/mol. The van der Waals surface area contributed by atoms with Crippen LogP contribution >= 0.6 is 15.9 Å². The first-order valence-electron chi connectivity index (χ1n) is 3.80. The van der Waals surface area contributed by atoms with Crippen LogP contribution in [0.2, 0.25) is 0 Å². The van der Waals surface area contributed by atoms with Crippen LogP contribution in [0.4, 0.5) is 0 Å². The molecule has 0 fully saturated rings. The van der Waals surface area contributed by atoms with Crippen molar-refractivity contribution in [1.82, 2.24) is 9.78 Å². The molecule has 0 spiro atoms. The Labute approximate surface area is 83.5 Å². The Hall–Kier alpha value is -1.16. The number of rotatable bonds is 1. The van der Waals surface area contributed by atoms with Gasteiger partial charge in [0, 0.05) is 18.0 Å². The molecule has 0 amide bonds. The second kappa shape index (κ2) is 2.96. The lowest BCUT2D eigenvalue weighted by Crippen LogP contribution is -1.88. The molecular weight excluding hydrogens is 232 g/mol. The van der Waals surface area contributed by atoms with Gasteiger partial charge in [-0.3, -0.25) is 9.48 Å². The Morgan fingerprint density at radius 1 is 1.54 bits per heavy atom. The van der Waals surface area contributed by atoms with E-state index in [1.165, 1.54) is 0 Å². The van der Waals surface area contributed by atoms with Gasteiger partial charge in [-0.2, -0.15) is 5.10 Å². The van der Waals surface area contributed by atoms with Crippen LogP contribution in [-0.2, 0) is 7.05 Å². The zero-order valence-corrected chi connectivity index (χ0v) is 8.58. The second-order valence-corrected chi connectivity index (χ2v) is 3.56. The normalized spacial score (nSPS) is 10.6. The van der Waals surface area contributed by atoms with Crippen LogP contribution in [0.3, 0.4) is 0 Å². The van der Waals surface area contributed by atoms with Crippen LogP contribution in [0, 0.1) is 0 Å². The molecule has 0 aliphatic carbocycles. The second-order valence-electron chi connectivity index (χ2n) is 2.81. The largest absolute Gasteiger partial charge is 0.298 e. The van der Waals surface area contributed by atoms with Gasteiger partial charge in [0.05, 0.1) is 5.52 Å². The molecule has 0 saturated carbocycles. The van der Waals surface area contributed by atoms with Gasteiger partial charge in [-0.1, -0.05) is 6.07 Å². The summed E-state index contributed by atoms with van der Waals surface area (Å²) in [5.41, 5.74) is 1.48. The van der Waals surface area contributed by atoms with Crippen LogP contribution < -0.4 is 0 Å². The topological polar surface area (TPSA) is 34.9 Å². The third kappa shape index (κ3) is 1.27. The minimum atomic E-state index is 0.651. The van der Waals surface area contributed by atoms with Crippen LogP contribution in [0.15, 0.2) is 22.8 Å². The van der Waals surface area contributed by atoms with E-state index >= 15 is 0 Å². The number of carbonyl (C=O) groups is 1. The Kier molecular flexibility index (Phi) is 1.92. The number of aldehydes is 1. The molecule has 1 aromatic carbocycles. The summed E-state index contributed by atoms with van der Waals surface area (Å²) in [6, 6.07) is 5.44. The molecule has 2 aromatic rings. The van der Waals surface area contributed by atoms with Gasteiger partial charge in [0.2, 0.25) is 0 Å². The number of aryl methyl sites for hydroxylation is 1. The van der Waals surface area contributed by atoms with E-state index in [-0.39, 0.29) is 0 Å². The molecule has 0 N–H and O–H groups in total. The number of benzene rings is 1. The predicted molar refractivity (Wildman–Crippen MR) is 53.8 cm³/mol. The summed E-state index contributed by atoms with van der Waals surface area (Å²) in [5, 5.41) is 5.25. The Morgan fingerprint density at radius 2 is 2.31 bits per heavy atom. The molecule has 0 unspecified atom stereocenters. The number of fused-ring (bicyclic) bond motifs is 1. The van der Waals surface area contributed by atoms with Gasteiger partial charge in [0.1, 0.15) is 10.9 Å². The fourth-order valence-corrected chi connectivity index (χ4v) is 1.67. The third-order valence-corrected chi connectivity index (χ3v) is 2.86. The van der Waals surface area contributed by atoms with E-state index < -0.39 is 0 Å². The van der Waals surface area contributed by atoms with Crippen molar-refractivity contribution in [1.29, 1.82) is 0 Å². The number of halogens is 1. The van der Waals surface area contributed by atoms with Crippen molar-refractivity contribution in [3.8, 4) is 0 Å². The van der Waals surface area contributed by atoms with Crippen molar-refractivity contribution in [3.05, 3.63) is 28.4 Å². The first kappa shape index (κ1) is 8.44. The summed E-state index contributed by atoms with van der Waals surface area (Å²) in [6.45, 7) is 0. The van der Waals surface area contributed by atoms with Gasteiger partial charge in [-0.25, -0.2) is 0 Å². The highest BCUT2D eigenvalue weighted by molar-refractivity contribution is 9.10. The standard InChI is InChI=1S/C9H7BrN2O/c1-12-9(10)7-3-2-6(5-13)4-8(7)11-12/h2-5H,1H3. The van der Waals surface area contributed by atoms with E-state index in [0.29, 0.717) is 5.56 Å². The fourth-order valence-electron chi connectivity index (χ4n) is 1.26. The lowest BCUT2D eigenvalue weighted by Gasteiger charge is -1.90. The predicted octanol–water partition coefficient (Wildman–Crippen LogP) is 2.15. The van der Waals surface area contributed by atoms with Gasteiger partial charge >= 0.3 is 0 Å². The minimum absolute atomic E-state index is 0.651. The van der Waals surface area contributed by atoms with Gasteiger partial charge in [0.15, 0.2) is 0 Å². The first-order chi connectivity index (χ1) is 6.22. The van der Waals surface area contributed by atoms with Crippen molar-refractivity contribution >= 4 is 33.1 Å². The third-order valence-electron chi connectivity index (χ3n) is 1.92. The number of aromatic nitrogens is 2. The quantitative estimate of drug-likeness (QED) is 0.714. The van der Waals surface area contributed by atoms with Crippen LogP contribution in [0.25, 0.3) is 10.9 Å². The van der Waals surface area contributed by atoms with Crippen LogP contribution in [-0.4, -0.2) is 16.1 Å². The fraction of sp³-hybridized carbons (Fsp3) is 0.111. The van der Waals surface area contributed by atoms with Gasteiger partial charge in [-0.05, 0) is 28.1 Å². The molecule has 2 rings (SSSR count). The molecule has 3 nitrogen and oxygen atoms in total. The van der Waals surface area contributed by atoms with Crippen molar-refractivity contribution in [2.24, 2.45) is 7.05 Å². The Morgan fingerprint density at radius 3 is 3.00 bits per heavy atom. The number of nitrogens with zero attached hydrogens (tertiary/aromatic N) is 2. The van der Waals surface area contributed by atoms with Crippen molar-refractivity contribution in [2.75, 3.05) is 0 Å². The van der Waals surface area contributed by atoms with E-state index in [1.54, 1.807) is 16.8 Å². The van der Waals surface area contributed by atoms with Gasteiger partial charge in [-0.15, -0.1) is 0 Å². The van der Waals surface area contributed by atoms with E-state index in [9.17, 15) is 4.79 Å². The first-order valence-corrected chi connectivity index (χ1v) is 4.59. The number of hydrogen-bond donors (Lipinski definition) is 0. The highest BCUT2D eigenvalue weighted by Gasteiger charge is 2.05. The maximum atomic E-state index is 10.5. The molecular formula is C9H7BrN2O. The lowest BCUT2D eigenvalue weighted by molar-refractivity contribution is 0.112. The van der Waals surface area contributed by atoms with E-state index in [4.69, 9.17) is 0 Å². The summed E-state index contributed by atoms with van der Waals surface area (Å²) >= 11 is 3.41. The Bertz CT molecular complexity index is 476. The van der Waals surface area contributed by atoms with Gasteiger partial charge in [0.25, 0.3) is 0 Å². The summed E-state index contributed by atoms with van der Waals surface area (Å²) in [7, 11) is 1.85. The average Bonchev–Trinajstić information content (AvgIpc) is 2.42. The molecule has 0 bridgehead atoms. The van der Waals surface area contributed by atoms with Crippen molar-refractivity contribution < 1.29 is 4.79 Å². The number of hydrogen-bond acceptors (Lipinski definition) is 2. The molecule has 1 aromatic heterocycles. The molecule has 4 heteroatoms. The van der Waals surface area contributed by atoms with E-state index in [1.807, 2.05) is 13.1 Å². The zero-order valence-electron chi connectivity index (χ0n) is 6.99. The van der Waals surface area contributed by atoms with Gasteiger partial charge < -0.3 is 0 Å². The van der Waals surface area contributed by atoms with Crippen LogP contribution in [0.1, 0.15) is 10.4 Å². The van der Waals surface area contributed by atoms with E-state index in [0.717, 1.165) is 21.8 Å². The molecule has 0 saturated heterocycles.